The third kappa shape index (κ3) is 3.42. The highest BCUT2D eigenvalue weighted by Crippen LogP contribution is 2.28. The number of piperidine rings is 1. The number of halogens is 1. The summed E-state index contributed by atoms with van der Waals surface area (Å²) in [4.78, 5) is 22.4. The van der Waals surface area contributed by atoms with Gasteiger partial charge in [-0.2, -0.15) is 0 Å². The van der Waals surface area contributed by atoms with Gasteiger partial charge in [0, 0.05) is 19.3 Å². The Morgan fingerprint density at radius 1 is 1.39 bits per heavy atom. The number of carbonyl (C=O) groups is 1. The Hall–Kier alpha value is -1.82. The van der Waals surface area contributed by atoms with Gasteiger partial charge in [0.1, 0.15) is 22.7 Å². The summed E-state index contributed by atoms with van der Waals surface area (Å²) in [7, 11) is 0. The molecule has 0 N–H and O–H groups in total. The van der Waals surface area contributed by atoms with Gasteiger partial charge in [-0.3, -0.25) is 0 Å². The molecule has 1 amide bonds. The number of nitrogens with zero attached hydrogens (tertiary/aromatic N) is 4. The lowest BCUT2D eigenvalue weighted by Crippen LogP contribution is -2.43. The lowest BCUT2D eigenvalue weighted by Gasteiger charge is -2.34. The number of fused-ring (bicyclic) bond motifs is 1. The predicted octanol–water partition coefficient (Wildman–Crippen LogP) is 3.66. The van der Waals surface area contributed by atoms with Crippen LogP contribution in [-0.4, -0.2) is 44.2 Å². The van der Waals surface area contributed by atoms with Gasteiger partial charge in [-0.05, 0) is 39.7 Å². The molecule has 2 aromatic heterocycles. The Morgan fingerprint density at radius 2 is 2.17 bits per heavy atom. The lowest BCUT2D eigenvalue weighted by molar-refractivity contribution is 0.0174. The standard InChI is InChI=1S/C16H21ClN4O2/c1-16(2,3)23-15(22)20-7-4-5-11(9-20)21-8-6-12-13(17)18-10-19-14(12)21/h6,8,10-11H,4-5,7,9H2,1-3H3/t11-/m1/s1. The maximum absolute atomic E-state index is 12.3. The van der Waals surface area contributed by atoms with Crippen LogP contribution in [0.15, 0.2) is 18.6 Å². The zero-order valence-electron chi connectivity index (χ0n) is 13.6. The van der Waals surface area contributed by atoms with Gasteiger partial charge in [0.2, 0.25) is 0 Å². The molecular formula is C16H21ClN4O2. The van der Waals surface area contributed by atoms with Crippen molar-refractivity contribution in [2.75, 3.05) is 13.1 Å². The second kappa shape index (κ2) is 6.00. The fourth-order valence-corrected chi connectivity index (χ4v) is 3.10. The highest BCUT2D eigenvalue weighted by Gasteiger charge is 2.29. The quantitative estimate of drug-likeness (QED) is 0.746. The van der Waals surface area contributed by atoms with Crippen LogP contribution in [0.3, 0.4) is 0 Å². The van der Waals surface area contributed by atoms with Gasteiger partial charge in [0.25, 0.3) is 0 Å². The monoisotopic (exact) mass is 336 g/mol. The number of ether oxygens (including phenoxy) is 1. The predicted molar refractivity (Wildman–Crippen MR) is 88.6 cm³/mol. The molecule has 0 bridgehead atoms. The lowest BCUT2D eigenvalue weighted by atomic mass is 10.1. The molecule has 1 aliphatic rings. The molecule has 1 fully saturated rings. The largest absolute Gasteiger partial charge is 0.444 e. The Morgan fingerprint density at radius 3 is 2.91 bits per heavy atom. The van der Waals surface area contributed by atoms with E-state index in [9.17, 15) is 4.79 Å². The molecule has 0 saturated carbocycles. The summed E-state index contributed by atoms with van der Waals surface area (Å²) in [6, 6.07) is 2.09. The Kier molecular flexibility index (Phi) is 4.19. The summed E-state index contributed by atoms with van der Waals surface area (Å²) >= 11 is 6.11. The molecule has 0 spiro atoms. The molecule has 7 heteroatoms. The van der Waals surface area contributed by atoms with Gasteiger partial charge >= 0.3 is 6.09 Å². The van der Waals surface area contributed by atoms with Crippen molar-refractivity contribution in [3.63, 3.8) is 0 Å². The van der Waals surface area contributed by atoms with Crippen LogP contribution in [0, 0.1) is 0 Å². The third-order valence-corrected chi connectivity index (χ3v) is 4.20. The topological polar surface area (TPSA) is 60.2 Å². The summed E-state index contributed by atoms with van der Waals surface area (Å²) < 4.78 is 7.56. The fraction of sp³-hybridized carbons (Fsp3) is 0.562. The van der Waals surface area contributed by atoms with E-state index in [1.54, 1.807) is 4.90 Å². The van der Waals surface area contributed by atoms with Crippen LogP contribution in [-0.2, 0) is 4.74 Å². The van der Waals surface area contributed by atoms with Gasteiger partial charge in [-0.15, -0.1) is 0 Å². The minimum atomic E-state index is -0.481. The first kappa shape index (κ1) is 16.1. The molecule has 1 saturated heterocycles. The summed E-state index contributed by atoms with van der Waals surface area (Å²) in [5, 5.41) is 1.29. The molecule has 1 atom stereocenters. The van der Waals surface area contributed by atoms with Crippen LogP contribution < -0.4 is 0 Å². The van der Waals surface area contributed by atoms with E-state index in [-0.39, 0.29) is 12.1 Å². The van der Waals surface area contributed by atoms with Gasteiger partial charge in [0.05, 0.1) is 11.4 Å². The van der Waals surface area contributed by atoms with Gasteiger partial charge < -0.3 is 14.2 Å². The number of likely N-dealkylation sites (tertiary alicyclic amines) is 1. The van der Waals surface area contributed by atoms with E-state index in [1.165, 1.54) is 6.33 Å². The number of hydrogen-bond acceptors (Lipinski definition) is 4. The maximum atomic E-state index is 12.3. The molecule has 0 radical (unpaired) electrons. The minimum absolute atomic E-state index is 0.166. The molecule has 2 aromatic rings. The van der Waals surface area contributed by atoms with Crippen molar-refractivity contribution < 1.29 is 9.53 Å². The Balaban J connectivity index is 1.80. The first-order valence-electron chi connectivity index (χ1n) is 7.80. The van der Waals surface area contributed by atoms with Crippen LogP contribution in [0.5, 0.6) is 0 Å². The summed E-state index contributed by atoms with van der Waals surface area (Å²) in [6.07, 6.45) is 5.10. The van der Waals surface area contributed by atoms with E-state index < -0.39 is 5.60 Å². The van der Waals surface area contributed by atoms with Crippen molar-refractivity contribution in [2.24, 2.45) is 0 Å². The third-order valence-electron chi connectivity index (χ3n) is 3.90. The molecule has 0 aliphatic carbocycles. The number of aromatic nitrogens is 3. The average molecular weight is 337 g/mol. The van der Waals surface area contributed by atoms with Crippen molar-refractivity contribution in [3.8, 4) is 0 Å². The zero-order valence-corrected chi connectivity index (χ0v) is 14.4. The van der Waals surface area contributed by atoms with Crippen molar-refractivity contribution in [2.45, 2.75) is 45.3 Å². The van der Waals surface area contributed by atoms with Crippen LogP contribution in [0.25, 0.3) is 11.0 Å². The smallest absolute Gasteiger partial charge is 0.410 e. The fourth-order valence-electron chi connectivity index (χ4n) is 2.91. The van der Waals surface area contributed by atoms with Crippen LogP contribution in [0.2, 0.25) is 5.15 Å². The van der Waals surface area contributed by atoms with E-state index in [0.29, 0.717) is 11.7 Å². The number of amides is 1. The molecule has 3 heterocycles. The Bertz CT molecular complexity index is 722. The van der Waals surface area contributed by atoms with Gasteiger partial charge in [0.15, 0.2) is 0 Å². The first-order valence-corrected chi connectivity index (χ1v) is 8.18. The molecule has 3 rings (SSSR count). The van der Waals surface area contributed by atoms with Crippen molar-refractivity contribution in [1.29, 1.82) is 0 Å². The summed E-state index contributed by atoms with van der Waals surface area (Å²) in [5.41, 5.74) is 0.325. The number of rotatable bonds is 1. The van der Waals surface area contributed by atoms with Crippen LogP contribution in [0.1, 0.15) is 39.7 Å². The number of carbonyl (C=O) groups excluding carboxylic acids is 1. The highest BCUT2D eigenvalue weighted by molar-refractivity contribution is 6.33. The van der Waals surface area contributed by atoms with Crippen molar-refractivity contribution in [3.05, 3.63) is 23.7 Å². The molecular weight excluding hydrogens is 316 g/mol. The van der Waals surface area contributed by atoms with Crippen molar-refractivity contribution >= 4 is 28.7 Å². The normalized spacial score (nSPS) is 19.1. The Labute approximate surface area is 140 Å². The summed E-state index contributed by atoms with van der Waals surface area (Å²) in [6.45, 7) is 6.97. The highest BCUT2D eigenvalue weighted by atomic mass is 35.5. The molecule has 0 aromatic carbocycles. The molecule has 1 aliphatic heterocycles. The van der Waals surface area contributed by atoms with Gasteiger partial charge in [-0.1, -0.05) is 11.6 Å². The van der Waals surface area contributed by atoms with Crippen LogP contribution in [0.4, 0.5) is 4.79 Å². The van der Waals surface area contributed by atoms with E-state index in [1.807, 2.05) is 33.0 Å². The summed E-state index contributed by atoms with van der Waals surface area (Å²) in [5.74, 6) is 0. The van der Waals surface area contributed by atoms with Gasteiger partial charge in [-0.25, -0.2) is 14.8 Å². The first-order chi connectivity index (χ1) is 10.8. The molecule has 0 unspecified atom stereocenters. The van der Waals surface area contributed by atoms with Crippen LogP contribution >= 0.6 is 11.6 Å². The van der Waals surface area contributed by atoms with E-state index in [4.69, 9.17) is 16.3 Å². The minimum Gasteiger partial charge on any atom is -0.444 e. The molecule has 124 valence electrons. The van der Waals surface area contributed by atoms with E-state index in [2.05, 4.69) is 14.5 Å². The zero-order chi connectivity index (χ0) is 16.6. The maximum Gasteiger partial charge on any atom is 0.410 e. The number of hydrogen-bond donors (Lipinski definition) is 0. The second-order valence-corrected chi connectivity index (χ2v) is 7.21. The SMILES string of the molecule is CC(C)(C)OC(=O)N1CCC[C@@H](n2ccc3c(Cl)ncnc32)C1. The molecule has 6 nitrogen and oxygen atoms in total. The van der Waals surface area contributed by atoms with E-state index >= 15 is 0 Å². The van der Waals surface area contributed by atoms with Crippen molar-refractivity contribution in [1.82, 2.24) is 19.4 Å². The second-order valence-electron chi connectivity index (χ2n) is 6.85. The molecule has 23 heavy (non-hydrogen) atoms. The average Bonchev–Trinajstić information content (AvgIpc) is 2.91. The van der Waals surface area contributed by atoms with E-state index in [0.717, 1.165) is 30.4 Å².